The van der Waals surface area contributed by atoms with Crippen LogP contribution < -0.4 is 16.1 Å². The van der Waals surface area contributed by atoms with E-state index in [1.54, 1.807) is 24.4 Å². The van der Waals surface area contributed by atoms with Crippen LogP contribution in [0.1, 0.15) is 96.5 Å². The number of aromatic nitrogens is 2. The van der Waals surface area contributed by atoms with Crippen molar-refractivity contribution in [2.45, 2.75) is 103 Å². The Labute approximate surface area is 349 Å². The van der Waals surface area contributed by atoms with Crippen molar-refractivity contribution in [2.24, 2.45) is 16.8 Å². The second-order valence-electron chi connectivity index (χ2n) is 16.2. The number of fused-ring (bicyclic) bond motifs is 2. The summed E-state index contributed by atoms with van der Waals surface area (Å²) in [6.07, 6.45) is 8.35. The van der Waals surface area contributed by atoms with Crippen LogP contribution in [0.15, 0.2) is 63.0 Å². The molecule has 0 bridgehead atoms. The summed E-state index contributed by atoms with van der Waals surface area (Å²) in [5, 5.41) is 6.37. The molecule has 0 saturated carbocycles. The third-order valence-corrected chi connectivity index (χ3v) is 12.6. The van der Waals surface area contributed by atoms with Gasteiger partial charge in [0.1, 0.15) is 29.1 Å². The fourth-order valence-electron chi connectivity index (χ4n) is 8.65. The van der Waals surface area contributed by atoms with Crippen molar-refractivity contribution in [3.63, 3.8) is 0 Å². The number of allylic oxidation sites excluding steroid dienone is 1. The Kier molecular flexibility index (Phi) is 12.7. The van der Waals surface area contributed by atoms with Gasteiger partial charge in [-0.1, -0.05) is 46.6 Å². The second kappa shape index (κ2) is 18.1. The molecule has 7 rings (SSSR count). The van der Waals surface area contributed by atoms with E-state index < -0.39 is 24.3 Å². The number of hydrogen-bond donors (Lipinski definition) is 3. The largest absolute Gasteiger partial charge is 0.456 e. The monoisotopic (exact) mass is 821 g/mol. The topological polar surface area (TPSA) is 189 Å². The highest BCUT2D eigenvalue weighted by Crippen LogP contribution is 2.35. The zero-order valence-electron chi connectivity index (χ0n) is 35.2. The van der Waals surface area contributed by atoms with Gasteiger partial charge in [-0.25, -0.2) is 14.6 Å². The second-order valence-corrected chi connectivity index (χ2v) is 16.2. The molecule has 0 unspecified atom stereocenters. The molecule has 3 N–H and O–H groups in total. The number of carbonyl (C=O) groups excluding carboxylic acids is 4. The highest BCUT2D eigenvalue weighted by molar-refractivity contribution is 6.04. The van der Waals surface area contributed by atoms with Crippen molar-refractivity contribution in [3.8, 4) is 11.3 Å². The van der Waals surface area contributed by atoms with Gasteiger partial charge in [0.2, 0.25) is 17.2 Å². The molecule has 318 valence electrons. The van der Waals surface area contributed by atoms with Crippen molar-refractivity contribution >= 4 is 57.2 Å². The van der Waals surface area contributed by atoms with Gasteiger partial charge in [0.05, 0.1) is 49.0 Å². The number of likely N-dealkylation sites (tertiary alicyclic amines) is 2. The third-order valence-electron chi connectivity index (χ3n) is 12.6. The number of H-pyrrole nitrogens is 1. The molecule has 2 saturated heterocycles. The molecular formula is C45H55N7O8. The van der Waals surface area contributed by atoms with Crippen molar-refractivity contribution in [3.05, 3.63) is 70.4 Å². The number of aromatic amines is 1. The predicted octanol–water partition coefficient (Wildman–Crippen LogP) is 7.11. The summed E-state index contributed by atoms with van der Waals surface area (Å²) in [6.45, 7) is 8.98. The Hall–Kier alpha value is -5.99. The number of rotatable bonds is 12. The number of ether oxygens (including phenoxy) is 2. The highest BCUT2D eigenvalue weighted by Gasteiger charge is 2.40. The molecule has 2 aromatic carbocycles. The van der Waals surface area contributed by atoms with Gasteiger partial charge in [0.25, 0.3) is 0 Å². The van der Waals surface area contributed by atoms with Crippen LogP contribution in [0, 0.1) is 11.8 Å². The minimum atomic E-state index is -0.726. The van der Waals surface area contributed by atoms with E-state index in [2.05, 4.69) is 15.6 Å². The van der Waals surface area contributed by atoms with Crippen LogP contribution in [0.4, 0.5) is 9.59 Å². The number of imidazole rings is 1. The average molecular weight is 822 g/mol. The van der Waals surface area contributed by atoms with Gasteiger partial charge >= 0.3 is 12.2 Å². The number of amides is 4. The Morgan fingerprint density at radius 2 is 1.45 bits per heavy atom. The first kappa shape index (κ1) is 42.1. The fourth-order valence-corrected chi connectivity index (χ4v) is 8.65. The van der Waals surface area contributed by atoms with Crippen LogP contribution in [-0.2, 0) is 19.1 Å². The smallest absolute Gasteiger partial charge is 0.407 e. The van der Waals surface area contributed by atoms with Crippen molar-refractivity contribution in [1.82, 2.24) is 30.4 Å². The summed E-state index contributed by atoms with van der Waals surface area (Å²) in [4.78, 5) is 82.5. The number of methoxy groups -OCH3 is 2. The van der Waals surface area contributed by atoms with Gasteiger partial charge < -0.3 is 39.3 Å². The van der Waals surface area contributed by atoms with Gasteiger partial charge in [-0.2, -0.15) is 0 Å². The van der Waals surface area contributed by atoms with E-state index in [-0.39, 0.29) is 41.2 Å². The summed E-state index contributed by atoms with van der Waals surface area (Å²) in [5.41, 5.74) is 4.91. The molecule has 60 heavy (non-hydrogen) atoms. The molecule has 4 aromatic rings. The maximum atomic E-state index is 14.0. The van der Waals surface area contributed by atoms with Crippen LogP contribution in [-0.4, -0.2) is 94.9 Å². The summed E-state index contributed by atoms with van der Waals surface area (Å²) in [5.74, 6) is 0.173. The minimum Gasteiger partial charge on any atom is -0.456 e. The van der Waals surface area contributed by atoms with Gasteiger partial charge in [0, 0.05) is 37.0 Å². The van der Waals surface area contributed by atoms with Gasteiger partial charge in [-0.15, -0.1) is 0 Å². The molecule has 15 nitrogen and oxygen atoms in total. The van der Waals surface area contributed by atoms with Crippen molar-refractivity contribution in [2.75, 3.05) is 27.3 Å². The number of hydrogen-bond acceptors (Lipinski definition) is 10. The van der Waals surface area contributed by atoms with Crippen molar-refractivity contribution in [1.29, 1.82) is 0 Å². The number of nitrogens with one attached hydrogen (secondary N) is 3. The SMILES string of the molecule is CC[C@H](C)[C@H](NC(=O)OC)C(=O)N1CCC[C@H]1C1=NC=C(c2ccc3c(=O)c4cc(-c5cnc([C@@H]6CCCCN6C(=O)[C@@H](NC(=O)OC)[C@@H](C)CC)[nH]5)ccc4oc3c2)C1. The first-order chi connectivity index (χ1) is 29.0. The normalized spacial score (nSPS) is 20.0. The van der Waals surface area contributed by atoms with Gasteiger partial charge in [0.15, 0.2) is 0 Å². The van der Waals surface area contributed by atoms with E-state index >= 15 is 0 Å². The lowest BCUT2D eigenvalue weighted by Crippen LogP contribution is -2.54. The Morgan fingerprint density at radius 1 is 0.817 bits per heavy atom. The standard InChI is InChI=1S/C45H55N7O8/c1-7-25(3)38(49-44(56)58-5)42(54)51-19-11-13-34(51)32-21-29(23-46-32)27-14-16-30-37(22-27)60-36-17-15-28(20-31(36)40(30)53)33-24-47-41(48-33)35-12-9-10-18-52(35)43(55)39(26(4)8-2)50-45(57)59-6/h14-17,20,22-26,34-35,38-39H,7-13,18-19,21H2,1-6H3,(H,47,48)(H,49,56)(H,50,57)/t25-,26-,34-,35-,38-,39-/m0/s1. The van der Waals surface area contributed by atoms with Crippen LogP contribution in [0.2, 0.25) is 0 Å². The number of piperidine rings is 1. The molecule has 0 spiro atoms. The summed E-state index contributed by atoms with van der Waals surface area (Å²) in [7, 11) is 2.58. The zero-order chi connectivity index (χ0) is 42.7. The lowest BCUT2D eigenvalue weighted by atomic mass is 9.94. The lowest BCUT2D eigenvalue weighted by Gasteiger charge is -2.38. The van der Waals surface area contributed by atoms with Gasteiger partial charge in [-0.3, -0.25) is 19.4 Å². The summed E-state index contributed by atoms with van der Waals surface area (Å²) < 4.78 is 16.0. The van der Waals surface area contributed by atoms with Crippen LogP contribution >= 0.6 is 0 Å². The van der Waals surface area contributed by atoms with Gasteiger partial charge in [-0.05, 0) is 85.4 Å². The van der Waals surface area contributed by atoms with E-state index in [9.17, 15) is 24.0 Å². The van der Waals surface area contributed by atoms with Crippen molar-refractivity contribution < 1.29 is 33.1 Å². The first-order valence-corrected chi connectivity index (χ1v) is 21.1. The summed E-state index contributed by atoms with van der Waals surface area (Å²) in [6, 6.07) is 9.12. The Morgan fingerprint density at radius 3 is 2.12 bits per heavy atom. The predicted molar refractivity (Wildman–Crippen MR) is 228 cm³/mol. The van der Waals surface area contributed by atoms with E-state index in [1.165, 1.54) is 14.2 Å². The number of aliphatic imine (C=N–C) groups is 1. The molecule has 4 amide bonds. The van der Waals surface area contributed by atoms with E-state index in [4.69, 9.17) is 23.9 Å². The molecule has 2 fully saturated rings. The van der Waals surface area contributed by atoms with E-state index in [0.717, 1.165) is 60.9 Å². The third kappa shape index (κ3) is 8.39. The number of alkyl carbamates (subject to hydrolysis) is 2. The Balaban J connectivity index is 1.08. The molecule has 0 radical (unpaired) electrons. The molecular weight excluding hydrogens is 767 g/mol. The first-order valence-electron chi connectivity index (χ1n) is 21.1. The van der Waals surface area contributed by atoms with E-state index in [0.29, 0.717) is 59.4 Å². The van der Waals surface area contributed by atoms with Crippen LogP contribution in [0.5, 0.6) is 0 Å². The average Bonchev–Trinajstić information content (AvgIpc) is 4.08. The highest BCUT2D eigenvalue weighted by atomic mass is 16.5. The quantitative estimate of drug-likeness (QED) is 0.125. The number of nitrogens with zero attached hydrogens (tertiary/aromatic N) is 4. The molecule has 3 aliphatic heterocycles. The maximum absolute atomic E-state index is 14.0. The minimum absolute atomic E-state index is 0.0748. The van der Waals surface area contributed by atoms with Crippen LogP contribution in [0.3, 0.4) is 0 Å². The zero-order valence-corrected chi connectivity index (χ0v) is 35.2. The molecule has 6 atom stereocenters. The van der Waals surface area contributed by atoms with E-state index in [1.807, 2.05) is 61.9 Å². The number of benzene rings is 2. The van der Waals surface area contributed by atoms with Crippen LogP contribution in [0.25, 0.3) is 38.8 Å². The molecule has 3 aliphatic rings. The maximum Gasteiger partial charge on any atom is 0.407 e. The molecule has 5 heterocycles. The Bertz CT molecular complexity index is 2400. The lowest BCUT2D eigenvalue weighted by molar-refractivity contribution is -0.138. The summed E-state index contributed by atoms with van der Waals surface area (Å²) >= 11 is 0. The fraction of sp³-hybridized carbons (Fsp3) is 0.489. The molecule has 0 aliphatic carbocycles. The molecule has 2 aromatic heterocycles. The number of carbonyl (C=O) groups is 4. The molecule has 15 heteroatoms.